The second kappa shape index (κ2) is 4.46. The number of alkyl halides is 1. The quantitative estimate of drug-likeness (QED) is 0.477. The zero-order valence-corrected chi connectivity index (χ0v) is 8.38. The smallest absolute Gasteiger partial charge is 0.312 e. The molecule has 0 aromatic heterocycles. The molecule has 74 valence electrons. The zero-order chi connectivity index (χ0) is 9.84. The number of hydrogen-bond acceptors (Lipinski definition) is 2. The van der Waals surface area contributed by atoms with Crippen molar-refractivity contribution in [1.29, 1.82) is 0 Å². The van der Waals surface area contributed by atoms with Crippen LogP contribution in [0.1, 0.15) is 6.92 Å². The van der Waals surface area contributed by atoms with Gasteiger partial charge in [-0.15, -0.1) is 11.6 Å². The Morgan fingerprint density at radius 1 is 1.23 bits per heavy atom. The number of likely N-dealkylation sites (N-methyl/N-ethyl adjacent to an activating group) is 1. The summed E-state index contributed by atoms with van der Waals surface area (Å²) in [6.45, 7) is 4.15. The van der Waals surface area contributed by atoms with E-state index in [0.29, 0.717) is 32.1 Å². The van der Waals surface area contributed by atoms with Crippen molar-refractivity contribution in [3.63, 3.8) is 0 Å². The number of carbonyl (C=O) groups excluding carboxylic acids is 2. The molecule has 13 heavy (non-hydrogen) atoms. The molecule has 1 aliphatic rings. The summed E-state index contributed by atoms with van der Waals surface area (Å²) in [7, 11) is 0. The maximum atomic E-state index is 11.4. The first kappa shape index (κ1) is 10.3. The topological polar surface area (TPSA) is 40.6 Å². The number of rotatable bonds is 3. The first-order valence-corrected chi connectivity index (χ1v) is 4.88. The molecular weight excluding hydrogens is 192 g/mol. The van der Waals surface area contributed by atoms with Crippen LogP contribution in [0.5, 0.6) is 0 Å². The van der Waals surface area contributed by atoms with Gasteiger partial charge in [0.15, 0.2) is 0 Å². The van der Waals surface area contributed by atoms with E-state index in [-0.39, 0.29) is 0 Å². The van der Waals surface area contributed by atoms with E-state index < -0.39 is 11.8 Å². The average Bonchev–Trinajstić information content (AvgIpc) is 2.14. The van der Waals surface area contributed by atoms with Crippen LogP contribution in [0.3, 0.4) is 0 Å². The number of halogens is 1. The molecule has 1 rings (SSSR count). The normalized spacial score (nSPS) is 18.3. The summed E-state index contributed by atoms with van der Waals surface area (Å²) in [5.74, 6) is -0.446. The lowest BCUT2D eigenvalue weighted by Crippen LogP contribution is -2.54. The van der Waals surface area contributed by atoms with Crippen molar-refractivity contribution in [3.05, 3.63) is 0 Å². The van der Waals surface area contributed by atoms with Crippen molar-refractivity contribution >= 4 is 23.4 Å². The lowest BCUT2D eigenvalue weighted by atomic mass is 10.3. The summed E-state index contributed by atoms with van der Waals surface area (Å²) in [6, 6.07) is 0. The minimum Gasteiger partial charge on any atom is -0.333 e. The third-order valence-electron chi connectivity index (χ3n) is 2.13. The molecule has 0 radical (unpaired) electrons. The van der Waals surface area contributed by atoms with E-state index in [0.717, 1.165) is 0 Å². The van der Waals surface area contributed by atoms with Gasteiger partial charge in [-0.2, -0.15) is 0 Å². The molecule has 0 aliphatic carbocycles. The van der Waals surface area contributed by atoms with Crippen molar-refractivity contribution in [2.75, 3.05) is 32.1 Å². The fourth-order valence-corrected chi connectivity index (χ4v) is 1.54. The van der Waals surface area contributed by atoms with Crippen LogP contribution in [0, 0.1) is 0 Å². The van der Waals surface area contributed by atoms with Crippen LogP contribution < -0.4 is 0 Å². The van der Waals surface area contributed by atoms with Crippen molar-refractivity contribution in [2.24, 2.45) is 0 Å². The van der Waals surface area contributed by atoms with Crippen LogP contribution in [0.15, 0.2) is 0 Å². The van der Waals surface area contributed by atoms with Crippen LogP contribution in [-0.2, 0) is 9.59 Å². The Morgan fingerprint density at radius 2 is 1.77 bits per heavy atom. The lowest BCUT2D eigenvalue weighted by molar-refractivity contribution is -0.155. The highest BCUT2D eigenvalue weighted by Crippen LogP contribution is 2.04. The molecule has 0 aromatic carbocycles. The van der Waals surface area contributed by atoms with Gasteiger partial charge in [0.1, 0.15) is 0 Å². The molecule has 0 aromatic rings. The second-order valence-corrected chi connectivity index (χ2v) is 3.24. The maximum Gasteiger partial charge on any atom is 0.312 e. The Hall–Kier alpha value is -0.770. The summed E-state index contributed by atoms with van der Waals surface area (Å²) in [4.78, 5) is 25.7. The average molecular weight is 205 g/mol. The Labute approximate surface area is 82.4 Å². The fraction of sp³-hybridized carbons (Fsp3) is 0.750. The first-order chi connectivity index (χ1) is 6.20. The summed E-state index contributed by atoms with van der Waals surface area (Å²) in [6.07, 6.45) is 0. The summed E-state index contributed by atoms with van der Waals surface area (Å²) in [5.41, 5.74) is 0. The number of nitrogens with zero attached hydrogens (tertiary/aromatic N) is 2. The summed E-state index contributed by atoms with van der Waals surface area (Å²) >= 11 is 5.50. The summed E-state index contributed by atoms with van der Waals surface area (Å²) in [5, 5.41) is 0. The molecule has 0 spiro atoms. The van der Waals surface area contributed by atoms with Crippen molar-refractivity contribution < 1.29 is 9.59 Å². The molecule has 0 bridgehead atoms. The van der Waals surface area contributed by atoms with Crippen molar-refractivity contribution in [3.8, 4) is 0 Å². The summed E-state index contributed by atoms with van der Waals surface area (Å²) < 4.78 is 0. The standard InChI is InChI=1S/C8H13ClN2O2/c1-2-10-5-6-11(4-3-9)8(13)7(10)12/h2-6H2,1H3. The molecule has 1 aliphatic heterocycles. The number of amides is 2. The van der Waals surface area contributed by atoms with Gasteiger partial charge in [0.05, 0.1) is 0 Å². The predicted octanol–water partition coefficient (Wildman–Crippen LogP) is -0.0841. The van der Waals surface area contributed by atoms with Crippen LogP contribution in [0.2, 0.25) is 0 Å². The van der Waals surface area contributed by atoms with Gasteiger partial charge in [-0.1, -0.05) is 0 Å². The Bertz CT molecular complexity index is 220. The van der Waals surface area contributed by atoms with E-state index in [1.165, 1.54) is 4.90 Å². The molecule has 0 N–H and O–H groups in total. The van der Waals surface area contributed by atoms with Gasteiger partial charge in [0.25, 0.3) is 0 Å². The van der Waals surface area contributed by atoms with Gasteiger partial charge < -0.3 is 9.80 Å². The molecule has 0 atom stereocenters. The van der Waals surface area contributed by atoms with Crippen molar-refractivity contribution in [1.82, 2.24) is 9.80 Å². The van der Waals surface area contributed by atoms with Gasteiger partial charge >= 0.3 is 11.8 Å². The molecule has 1 saturated heterocycles. The molecule has 0 unspecified atom stereocenters. The van der Waals surface area contributed by atoms with Crippen LogP contribution in [0.4, 0.5) is 0 Å². The highest BCUT2D eigenvalue weighted by atomic mass is 35.5. The molecule has 1 heterocycles. The van der Waals surface area contributed by atoms with Crippen LogP contribution >= 0.6 is 11.6 Å². The molecular formula is C8H13ClN2O2. The van der Waals surface area contributed by atoms with Gasteiger partial charge in [0, 0.05) is 32.1 Å². The first-order valence-electron chi connectivity index (χ1n) is 4.34. The largest absolute Gasteiger partial charge is 0.333 e. The van der Waals surface area contributed by atoms with E-state index in [1.807, 2.05) is 6.92 Å². The van der Waals surface area contributed by atoms with E-state index in [4.69, 9.17) is 11.6 Å². The van der Waals surface area contributed by atoms with Gasteiger partial charge in [-0.3, -0.25) is 9.59 Å². The Balaban J connectivity index is 2.59. The van der Waals surface area contributed by atoms with E-state index in [9.17, 15) is 9.59 Å². The van der Waals surface area contributed by atoms with Gasteiger partial charge in [-0.25, -0.2) is 0 Å². The number of piperazine rings is 1. The Kier molecular flexibility index (Phi) is 3.54. The number of carbonyl (C=O) groups is 2. The zero-order valence-electron chi connectivity index (χ0n) is 7.62. The van der Waals surface area contributed by atoms with Crippen LogP contribution in [0.25, 0.3) is 0 Å². The number of hydrogen-bond donors (Lipinski definition) is 0. The predicted molar refractivity (Wildman–Crippen MR) is 49.6 cm³/mol. The van der Waals surface area contributed by atoms with Crippen LogP contribution in [-0.4, -0.2) is 53.7 Å². The van der Waals surface area contributed by atoms with Gasteiger partial charge in [0.2, 0.25) is 0 Å². The molecule has 0 saturated carbocycles. The minimum absolute atomic E-state index is 0.380. The van der Waals surface area contributed by atoms with E-state index >= 15 is 0 Å². The molecule has 1 fully saturated rings. The second-order valence-electron chi connectivity index (χ2n) is 2.87. The van der Waals surface area contributed by atoms with Gasteiger partial charge in [-0.05, 0) is 6.92 Å². The maximum absolute atomic E-state index is 11.4. The van der Waals surface area contributed by atoms with Crippen molar-refractivity contribution in [2.45, 2.75) is 6.92 Å². The Morgan fingerprint density at radius 3 is 2.31 bits per heavy atom. The SMILES string of the molecule is CCN1CCN(CCCl)C(=O)C1=O. The minimum atomic E-state index is -0.422. The third-order valence-corrected chi connectivity index (χ3v) is 2.30. The lowest BCUT2D eigenvalue weighted by Gasteiger charge is -2.32. The molecule has 5 heteroatoms. The highest BCUT2D eigenvalue weighted by molar-refractivity contribution is 6.35. The molecule has 2 amide bonds. The third kappa shape index (κ3) is 2.12. The molecule has 4 nitrogen and oxygen atoms in total. The van der Waals surface area contributed by atoms with E-state index in [2.05, 4.69) is 0 Å². The fourth-order valence-electron chi connectivity index (χ4n) is 1.33. The highest BCUT2D eigenvalue weighted by Gasteiger charge is 2.30. The van der Waals surface area contributed by atoms with E-state index in [1.54, 1.807) is 4.90 Å². The monoisotopic (exact) mass is 204 g/mol.